The van der Waals surface area contributed by atoms with Crippen LogP contribution in [0.1, 0.15) is 13.8 Å². The SMILES string of the molecule is CC(C)C(CS)COc1cccc(F)c1F. The molecule has 1 atom stereocenters. The van der Waals surface area contributed by atoms with Crippen molar-refractivity contribution in [3.63, 3.8) is 0 Å². The Morgan fingerprint density at radius 2 is 2.00 bits per heavy atom. The maximum atomic E-state index is 13.2. The van der Waals surface area contributed by atoms with E-state index in [9.17, 15) is 8.78 Å². The lowest BCUT2D eigenvalue weighted by Crippen LogP contribution is -2.19. The fraction of sp³-hybridized carbons (Fsp3) is 0.500. The zero-order valence-corrected chi connectivity index (χ0v) is 10.3. The number of hydrogen-bond donors (Lipinski definition) is 1. The zero-order valence-electron chi connectivity index (χ0n) is 9.41. The molecule has 0 bridgehead atoms. The molecule has 0 amide bonds. The highest BCUT2D eigenvalue weighted by Gasteiger charge is 2.14. The van der Waals surface area contributed by atoms with Gasteiger partial charge in [0.1, 0.15) is 0 Å². The summed E-state index contributed by atoms with van der Waals surface area (Å²) in [6.07, 6.45) is 0. The smallest absolute Gasteiger partial charge is 0.200 e. The van der Waals surface area contributed by atoms with Crippen LogP contribution in [-0.2, 0) is 0 Å². The largest absolute Gasteiger partial charge is 0.490 e. The van der Waals surface area contributed by atoms with Crippen LogP contribution in [0.2, 0.25) is 0 Å². The van der Waals surface area contributed by atoms with Crippen LogP contribution in [0.4, 0.5) is 8.78 Å². The zero-order chi connectivity index (χ0) is 12.1. The van der Waals surface area contributed by atoms with Crippen LogP contribution in [0.3, 0.4) is 0 Å². The second-order valence-electron chi connectivity index (χ2n) is 4.05. The first-order valence-electron chi connectivity index (χ1n) is 5.24. The molecule has 1 unspecified atom stereocenters. The Morgan fingerprint density at radius 1 is 1.31 bits per heavy atom. The third-order valence-electron chi connectivity index (χ3n) is 2.55. The first-order valence-corrected chi connectivity index (χ1v) is 5.87. The summed E-state index contributed by atoms with van der Waals surface area (Å²) in [7, 11) is 0. The molecular weight excluding hydrogens is 230 g/mol. The van der Waals surface area contributed by atoms with E-state index in [1.165, 1.54) is 12.1 Å². The van der Waals surface area contributed by atoms with Crippen LogP contribution in [0.5, 0.6) is 5.75 Å². The van der Waals surface area contributed by atoms with E-state index in [-0.39, 0.29) is 11.7 Å². The van der Waals surface area contributed by atoms with Crippen molar-refractivity contribution in [2.75, 3.05) is 12.4 Å². The van der Waals surface area contributed by atoms with Gasteiger partial charge in [0.15, 0.2) is 11.6 Å². The Kier molecular flexibility index (Phi) is 5.06. The lowest BCUT2D eigenvalue weighted by molar-refractivity contribution is 0.217. The number of thiol groups is 1. The van der Waals surface area contributed by atoms with E-state index in [4.69, 9.17) is 4.74 Å². The molecule has 0 heterocycles. The molecule has 1 aromatic carbocycles. The van der Waals surface area contributed by atoms with Gasteiger partial charge in [0.2, 0.25) is 5.82 Å². The Morgan fingerprint density at radius 3 is 2.56 bits per heavy atom. The van der Waals surface area contributed by atoms with E-state index in [1.807, 2.05) is 13.8 Å². The van der Waals surface area contributed by atoms with Gasteiger partial charge in [-0.15, -0.1) is 0 Å². The van der Waals surface area contributed by atoms with Crippen LogP contribution in [0.25, 0.3) is 0 Å². The van der Waals surface area contributed by atoms with E-state index in [0.29, 0.717) is 18.3 Å². The summed E-state index contributed by atoms with van der Waals surface area (Å²) in [6.45, 7) is 4.44. The Hall–Kier alpha value is -0.770. The molecule has 0 spiro atoms. The molecule has 0 saturated carbocycles. The first kappa shape index (κ1) is 13.3. The maximum absolute atomic E-state index is 13.2. The van der Waals surface area contributed by atoms with E-state index >= 15 is 0 Å². The maximum Gasteiger partial charge on any atom is 0.200 e. The molecule has 1 rings (SSSR count). The fourth-order valence-electron chi connectivity index (χ4n) is 1.25. The molecular formula is C12H16F2OS. The summed E-state index contributed by atoms with van der Waals surface area (Å²) < 4.78 is 31.4. The third-order valence-corrected chi connectivity index (χ3v) is 3.02. The van der Waals surface area contributed by atoms with Gasteiger partial charge in [0.05, 0.1) is 6.61 Å². The summed E-state index contributed by atoms with van der Waals surface area (Å²) in [5.41, 5.74) is 0. The highest BCUT2D eigenvalue weighted by atomic mass is 32.1. The summed E-state index contributed by atoms with van der Waals surface area (Å²) in [5.74, 6) is -0.560. The van der Waals surface area contributed by atoms with Crippen molar-refractivity contribution < 1.29 is 13.5 Å². The van der Waals surface area contributed by atoms with Gasteiger partial charge >= 0.3 is 0 Å². The normalized spacial score (nSPS) is 12.9. The molecule has 0 saturated heterocycles. The van der Waals surface area contributed by atoms with Crippen LogP contribution in [-0.4, -0.2) is 12.4 Å². The second-order valence-corrected chi connectivity index (χ2v) is 4.41. The molecule has 4 heteroatoms. The van der Waals surface area contributed by atoms with Gasteiger partial charge in [-0.3, -0.25) is 0 Å². The molecule has 0 fully saturated rings. The van der Waals surface area contributed by atoms with E-state index in [1.54, 1.807) is 0 Å². The standard InChI is InChI=1S/C12H16F2OS/c1-8(2)9(7-16)6-15-11-5-3-4-10(13)12(11)14/h3-5,8-9,16H,6-7H2,1-2H3. The van der Waals surface area contributed by atoms with Gasteiger partial charge in [-0.2, -0.15) is 17.0 Å². The van der Waals surface area contributed by atoms with E-state index < -0.39 is 11.6 Å². The molecule has 0 N–H and O–H groups in total. The third kappa shape index (κ3) is 3.37. The number of halogens is 2. The van der Waals surface area contributed by atoms with Gasteiger partial charge in [-0.25, -0.2) is 4.39 Å². The Balaban J connectivity index is 2.64. The molecule has 0 aliphatic rings. The molecule has 90 valence electrons. The average molecular weight is 246 g/mol. The lowest BCUT2D eigenvalue weighted by atomic mass is 9.99. The van der Waals surface area contributed by atoms with Gasteiger partial charge in [0.25, 0.3) is 0 Å². The van der Waals surface area contributed by atoms with Crippen molar-refractivity contribution in [2.24, 2.45) is 11.8 Å². The number of hydrogen-bond acceptors (Lipinski definition) is 2. The lowest BCUT2D eigenvalue weighted by Gasteiger charge is -2.19. The van der Waals surface area contributed by atoms with Gasteiger partial charge < -0.3 is 4.74 Å². The van der Waals surface area contributed by atoms with Gasteiger partial charge in [-0.05, 0) is 23.8 Å². The topological polar surface area (TPSA) is 9.23 Å². The minimum Gasteiger partial charge on any atom is -0.490 e. The monoisotopic (exact) mass is 246 g/mol. The van der Waals surface area contributed by atoms with E-state index in [0.717, 1.165) is 6.07 Å². The summed E-state index contributed by atoms with van der Waals surface area (Å²) in [4.78, 5) is 0. The quantitative estimate of drug-likeness (QED) is 0.782. The summed E-state index contributed by atoms with van der Waals surface area (Å²) in [6, 6.07) is 3.92. The molecule has 1 aromatic rings. The van der Waals surface area contributed by atoms with Crippen molar-refractivity contribution in [3.05, 3.63) is 29.8 Å². The highest BCUT2D eigenvalue weighted by Crippen LogP contribution is 2.21. The highest BCUT2D eigenvalue weighted by molar-refractivity contribution is 7.80. The fourth-order valence-corrected chi connectivity index (χ4v) is 1.78. The number of rotatable bonds is 5. The van der Waals surface area contributed by atoms with Gasteiger partial charge in [-0.1, -0.05) is 19.9 Å². The Labute approximate surface area is 100 Å². The second kappa shape index (κ2) is 6.09. The average Bonchev–Trinajstić information content (AvgIpc) is 2.24. The minimum atomic E-state index is -0.927. The number of ether oxygens (including phenoxy) is 1. The van der Waals surface area contributed by atoms with Crippen LogP contribution in [0.15, 0.2) is 18.2 Å². The van der Waals surface area contributed by atoms with E-state index in [2.05, 4.69) is 12.6 Å². The van der Waals surface area contributed by atoms with Crippen molar-refractivity contribution in [3.8, 4) is 5.75 Å². The summed E-state index contributed by atoms with van der Waals surface area (Å²) in [5, 5.41) is 0. The van der Waals surface area contributed by atoms with Gasteiger partial charge in [0, 0.05) is 5.92 Å². The first-order chi connectivity index (χ1) is 7.56. The van der Waals surface area contributed by atoms with Crippen molar-refractivity contribution in [1.82, 2.24) is 0 Å². The van der Waals surface area contributed by atoms with Crippen LogP contribution in [0, 0.1) is 23.5 Å². The molecule has 0 aliphatic heterocycles. The molecule has 1 nitrogen and oxygen atoms in total. The van der Waals surface area contributed by atoms with Crippen molar-refractivity contribution in [1.29, 1.82) is 0 Å². The van der Waals surface area contributed by atoms with Crippen LogP contribution >= 0.6 is 12.6 Å². The predicted octanol–water partition coefficient (Wildman–Crippen LogP) is 3.55. The van der Waals surface area contributed by atoms with Crippen LogP contribution < -0.4 is 4.74 Å². The molecule has 0 radical (unpaired) electrons. The molecule has 0 aromatic heterocycles. The molecule has 0 aliphatic carbocycles. The Bertz CT molecular complexity index is 342. The predicted molar refractivity (Wildman–Crippen MR) is 64.0 cm³/mol. The minimum absolute atomic E-state index is 0.0348. The summed E-state index contributed by atoms with van der Waals surface area (Å²) >= 11 is 4.20. The number of benzene rings is 1. The van der Waals surface area contributed by atoms with Crippen molar-refractivity contribution in [2.45, 2.75) is 13.8 Å². The molecule has 16 heavy (non-hydrogen) atoms. The van der Waals surface area contributed by atoms with Crippen molar-refractivity contribution >= 4 is 12.6 Å².